The fourth-order valence-corrected chi connectivity index (χ4v) is 1.79. The third-order valence-electron chi connectivity index (χ3n) is 2.64. The topological polar surface area (TPSA) is 56.5 Å². The van der Waals surface area contributed by atoms with E-state index in [0.29, 0.717) is 11.1 Å². The molecule has 0 N–H and O–H groups in total. The number of ether oxygens (including phenoxy) is 1. The van der Waals surface area contributed by atoms with E-state index in [9.17, 15) is 9.59 Å². The van der Waals surface area contributed by atoms with Crippen molar-refractivity contribution in [2.45, 2.75) is 6.92 Å². The Hall–Kier alpha value is -2.36. The minimum absolute atomic E-state index is 0.257. The van der Waals surface area contributed by atoms with E-state index in [-0.39, 0.29) is 5.56 Å². The van der Waals surface area contributed by atoms with Crippen molar-refractivity contribution in [1.82, 2.24) is 0 Å². The Morgan fingerprint density at radius 1 is 1.39 bits per heavy atom. The summed E-state index contributed by atoms with van der Waals surface area (Å²) in [7, 11) is 1.29. The lowest BCUT2D eigenvalue weighted by Gasteiger charge is -2.04. The second-order valence-electron chi connectivity index (χ2n) is 3.70. The van der Waals surface area contributed by atoms with Gasteiger partial charge in [-0.15, -0.1) is 0 Å². The van der Waals surface area contributed by atoms with Gasteiger partial charge in [-0.2, -0.15) is 0 Å². The Kier molecular flexibility index (Phi) is 3.28. The second-order valence-corrected chi connectivity index (χ2v) is 3.70. The highest BCUT2D eigenvalue weighted by molar-refractivity contribution is 6.00. The number of allylic oxidation sites excluding steroid dienone is 5. The van der Waals surface area contributed by atoms with Crippen molar-refractivity contribution >= 4 is 17.6 Å². The summed E-state index contributed by atoms with van der Waals surface area (Å²) in [5.74, 6) is -0.521. The summed E-state index contributed by atoms with van der Waals surface area (Å²) < 4.78 is 9.52. The van der Waals surface area contributed by atoms with Crippen LogP contribution in [0, 0.1) is 0 Å². The van der Waals surface area contributed by atoms with E-state index in [2.05, 4.69) is 4.74 Å². The minimum Gasteiger partial charge on any atom is -0.465 e. The monoisotopic (exact) mass is 244 g/mol. The van der Waals surface area contributed by atoms with Crippen molar-refractivity contribution in [2.75, 3.05) is 7.11 Å². The average molecular weight is 244 g/mol. The second kappa shape index (κ2) is 4.87. The van der Waals surface area contributed by atoms with Gasteiger partial charge in [0, 0.05) is 5.56 Å². The van der Waals surface area contributed by atoms with Crippen LogP contribution in [0.5, 0.6) is 0 Å². The molecule has 0 radical (unpaired) electrons. The Balaban J connectivity index is 2.63. The maximum Gasteiger partial charge on any atom is 0.344 e. The zero-order valence-electron chi connectivity index (χ0n) is 10.1. The van der Waals surface area contributed by atoms with Crippen molar-refractivity contribution in [3.05, 3.63) is 57.7 Å². The van der Waals surface area contributed by atoms with Crippen molar-refractivity contribution in [3.8, 4) is 0 Å². The predicted molar refractivity (Wildman–Crippen MR) is 68.1 cm³/mol. The molecular weight excluding hydrogens is 232 g/mol. The maximum absolute atomic E-state index is 11.7. The highest BCUT2D eigenvalue weighted by atomic mass is 16.5. The molecule has 0 spiro atoms. The molecule has 1 aromatic rings. The van der Waals surface area contributed by atoms with Gasteiger partial charge in [0.2, 0.25) is 0 Å². The van der Waals surface area contributed by atoms with Gasteiger partial charge >= 0.3 is 11.6 Å². The molecule has 0 saturated heterocycles. The number of hydrogen-bond acceptors (Lipinski definition) is 4. The maximum atomic E-state index is 11.7. The molecule has 0 amide bonds. The van der Waals surface area contributed by atoms with E-state index < -0.39 is 11.6 Å². The third-order valence-corrected chi connectivity index (χ3v) is 2.64. The number of rotatable bonds is 2. The van der Waals surface area contributed by atoms with Gasteiger partial charge in [0.25, 0.3) is 0 Å². The molecule has 0 saturated carbocycles. The van der Waals surface area contributed by atoms with Gasteiger partial charge in [-0.05, 0) is 12.5 Å². The van der Waals surface area contributed by atoms with Crippen LogP contribution in [0.15, 0.2) is 39.8 Å². The summed E-state index contributed by atoms with van der Waals surface area (Å²) in [6.45, 7) is 1.88. The Bertz CT molecular complexity index is 630. The minimum atomic E-state index is -0.521. The summed E-state index contributed by atoms with van der Waals surface area (Å²) in [5.41, 5.74) is 1.47. The summed E-state index contributed by atoms with van der Waals surface area (Å²) in [4.78, 5) is 23.3. The van der Waals surface area contributed by atoms with Crippen LogP contribution in [-0.2, 0) is 4.74 Å². The lowest BCUT2D eigenvalue weighted by atomic mass is 10.1. The molecule has 0 aromatic carbocycles. The number of methoxy groups -OCH3 is 1. The first-order chi connectivity index (χ1) is 8.69. The van der Waals surface area contributed by atoms with Gasteiger partial charge in [0.15, 0.2) is 0 Å². The number of esters is 1. The number of carbonyl (C=O) groups excluding carboxylic acids is 1. The number of fused-ring (bicyclic) bond motifs is 1. The molecule has 0 bridgehead atoms. The van der Waals surface area contributed by atoms with E-state index in [1.54, 1.807) is 18.2 Å². The third kappa shape index (κ3) is 1.93. The molecule has 92 valence electrons. The van der Waals surface area contributed by atoms with E-state index in [0.717, 1.165) is 11.8 Å². The van der Waals surface area contributed by atoms with Crippen LogP contribution in [0.4, 0.5) is 0 Å². The van der Waals surface area contributed by atoms with E-state index >= 15 is 0 Å². The molecule has 0 fully saturated rings. The largest absolute Gasteiger partial charge is 0.465 e. The highest BCUT2D eigenvalue weighted by Gasteiger charge is 2.23. The van der Waals surface area contributed by atoms with Crippen LogP contribution in [0.3, 0.4) is 0 Å². The fourth-order valence-electron chi connectivity index (χ4n) is 1.79. The van der Waals surface area contributed by atoms with E-state index in [1.165, 1.54) is 7.11 Å². The van der Waals surface area contributed by atoms with Crippen molar-refractivity contribution in [2.24, 2.45) is 0 Å². The molecule has 4 nitrogen and oxygen atoms in total. The first-order valence-electron chi connectivity index (χ1n) is 5.44. The molecule has 0 unspecified atom stereocenters. The zero-order valence-corrected chi connectivity index (χ0v) is 10.1. The molecule has 1 aliphatic rings. The van der Waals surface area contributed by atoms with Gasteiger partial charge in [-0.1, -0.05) is 30.4 Å². The molecule has 18 heavy (non-hydrogen) atoms. The van der Waals surface area contributed by atoms with E-state index in [4.69, 9.17) is 4.42 Å². The van der Waals surface area contributed by atoms with Crippen LogP contribution < -0.4 is 5.63 Å². The van der Waals surface area contributed by atoms with Crippen LogP contribution in [0.1, 0.15) is 28.4 Å². The van der Waals surface area contributed by atoms with Gasteiger partial charge in [0.1, 0.15) is 11.8 Å². The van der Waals surface area contributed by atoms with E-state index in [1.807, 2.05) is 19.1 Å². The molecule has 0 atom stereocenters. The fraction of sp³-hybridized carbons (Fsp3) is 0.143. The van der Waals surface area contributed by atoms with Gasteiger partial charge in [-0.3, -0.25) is 0 Å². The predicted octanol–water partition coefficient (Wildman–Crippen LogP) is 2.41. The molecule has 0 aliphatic heterocycles. The van der Waals surface area contributed by atoms with Crippen LogP contribution in [0.2, 0.25) is 0 Å². The zero-order chi connectivity index (χ0) is 13.1. The number of carbonyl (C=O) groups is 1. The highest BCUT2D eigenvalue weighted by Crippen LogP contribution is 2.29. The van der Waals surface area contributed by atoms with Crippen molar-refractivity contribution in [3.63, 3.8) is 0 Å². The lowest BCUT2D eigenvalue weighted by Crippen LogP contribution is -2.12. The standard InChI is InChI=1S/C14H12O4/c1-3-4-5-9-6-7-10-11(13(15)17-2)8-18-14(16)12(9)10/h3-8H,1-2H3/b4-3+,9-5+. The molecule has 1 aliphatic carbocycles. The van der Waals surface area contributed by atoms with Crippen molar-refractivity contribution < 1.29 is 13.9 Å². The smallest absolute Gasteiger partial charge is 0.344 e. The normalized spacial score (nSPS) is 15.3. The number of hydrogen-bond donors (Lipinski definition) is 0. The molecule has 1 heterocycles. The van der Waals surface area contributed by atoms with Crippen molar-refractivity contribution in [1.29, 1.82) is 0 Å². The van der Waals surface area contributed by atoms with Crippen LogP contribution in [-0.4, -0.2) is 13.1 Å². The summed E-state index contributed by atoms with van der Waals surface area (Å²) in [6.07, 6.45) is 10.1. The SMILES string of the molecule is C/C=C/C=C1\C=Cc2c(C(=O)OC)coc(=O)c21. The van der Waals surface area contributed by atoms with Crippen LogP contribution in [0.25, 0.3) is 11.6 Å². The van der Waals surface area contributed by atoms with Crippen LogP contribution >= 0.6 is 0 Å². The quantitative estimate of drug-likeness (QED) is 0.749. The Morgan fingerprint density at radius 2 is 2.17 bits per heavy atom. The molecular formula is C14H12O4. The summed E-state index contributed by atoms with van der Waals surface area (Å²) in [6, 6.07) is 0. The Labute approximate surface area is 104 Å². The first-order valence-corrected chi connectivity index (χ1v) is 5.44. The summed E-state index contributed by atoms with van der Waals surface area (Å²) in [5, 5.41) is 0. The van der Waals surface area contributed by atoms with Gasteiger partial charge in [-0.25, -0.2) is 9.59 Å². The lowest BCUT2D eigenvalue weighted by molar-refractivity contribution is 0.0597. The summed E-state index contributed by atoms with van der Waals surface area (Å²) >= 11 is 0. The first kappa shape index (κ1) is 12.1. The van der Waals surface area contributed by atoms with Gasteiger partial charge < -0.3 is 9.15 Å². The molecule has 1 aromatic heterocycles. The molecule has 2 rings (SSSR count). The Morgan fingerprint density at radius 3 is 2.83 bits per heavy atom. The average Bonchev–Trinajstić information content (AvgIpc) is 2.81. The van der Waals surface area contributed by atoms with Gasteiger partial charge in [0.05, 0.1) is 12.7 Å². The molecule has 4 heteroatoms.